The van der Waals surface area contributed by atoms with Gasteiger partial charge in [0.05, 0.1) is 28.6 Å². The highest BCUT2D eigenvalue weighted by molar-refractivity contribution is 5.86. The first-order valence-electron chi connectivity index (χ1n) is 11.8. The molecule has 5 nitrogen and oxygen atoms in total. The first kappa shape index (κ1) is 23.3. The Kier molecular flexibility index (Phi) is 6.79. The number of fused-ring (bicyclic) bond motifs is 1. The van der Waals surface area contributed by atoms with E-state index in [1.54, 1.807) is 0 Å². The number of nitrogens with one attached hydrogen (secondary N) is 1. The number of rotatable bonds is 8. The molecule has 4 rings (SSSR count). The second kappa shape index (κ2) is 9.93. The van der Waals surface area contributed by atoms with Crippen LogP contribution in [-0.4, -0.2) is 21.0 Å². The van der Waals surface area contributed by atoms with Crippen molar-refractivity contribution in [3.8, 4) is 17.2 Å². The van der Waals surface area contributed by atoms with Crippen molar-refractivity contribution in [3.63, 3.8) is 0 Å². The normalized spacial score (nSPS) is 13.8. The second-order valence-corrected chi connectivity index (χ2v) is 8.81. The third-order valence-corrected chi connectivity index (χ3v) is 6.78. The molecule has 172 valence electrons. The largest absolute Gasteiger partial charge is 0.481 e. The number of aromatic nitrogens is 2. The highest BCUT2D eigenvalue weighted by Crippen LogP contribution is 2.36. The van der Waals surface area contributed by atoms with E-state index in [-0.39, 0.29) is 5.92 Å². The molecule has 0 aliphatic heterocycles. The maximum Gasteiger partial charge on any atom is 0.311 e. The van der Waals surface area contributed by atoms with Gasteiger partial charge in [0.2, 0.25) is 0 Å². The Hall–Kier alpha value is -3.91. The topological polar surface area (TPSA) is 89.8 Å². The SMILES string of the molecule is CCC(C(=O)O)c1cccc2[nH]c(C(c3ccc(-c4ccccc4C#N)cc3)C(C)CC)nc12. The van der Waals surface area contributed by atoms with Crippen molar-refractivity contribution in [2.45, 2.75) is 45.4 Å². The van der Waals surface area contributed by atoms with E-state index in [1.807, 2.05) is 49.4 Å². The number of hydrogen-bond acceptors (Lipinski definition) is 3. The van der Waals surface area contributed by atoms with Crippen LogP contribution in [0.5, 0.6) is 0 Å². The Bertz CT molecular complexity index is 1350. The van der Waals surface area contributed by atoms with Gasteiger partial charge in [0.1, 0.15) is 5.82 Å². The molecule has 0 amide bonds. The van der Waals surface area contributed by atoms with Gasteiger partial charge in [0.15, 0.2) is 0 Å². The van der Waals surface area contributed by atoms with Gasteiger partial charge in [-0.2, -0.15) is 5.26 Å². The summed E-state index contributed by atoms with van der Waals surface area (Å²) in [5.41, 5.74) is 6.06. The van der Waals surface area contributed by atoms with Crippen LogP contribution in [0.15, 0.2) is 66.7 Å². The maximum absolute atomic E-state index is 11.8. The minimum Gasteiger partial charge on any atom is -0.481 e. The van der Waals surface area contributed by atoms with Crippen molar-refractivity contribution in [1.29, 1.82) is 5.26 Å². The predicted molar refractivity (Wildman–Crippen MR) is 135 cm³/mol. The van der Waals surface area contributed by atoms with E-state index in [1.165, 1.54) is 0 Å². The molecule has 1 aromatic heterocycles. The molecule has 34 heavy (non-hydrogen) atoms. The fourth-order valence-corrected chi connectivity index (χ4v) is 4.72. The first-order valence-corrected chi connectivity index (χ1v) is 11.8. The number of para-hydroxylation sites is 1. The molecule has 1 heterocycles. The Labute approximate surface area is 200 Å². The van der Waals surface area contributed by atoms with Crippen molar-refractivity contribution < 1.29 is 9.90 Å². The molecule has 0 fully saturated rings. The number of nitriles is 1. The molecule has 0 aliphatic rings. The van der Waals surface area contributed by atoms with Crippen LogP contribution in [0.4, 0.5) is 0 Å². The monoisotopic (exact) mass is 451 g/mol. The second-order valence-electron chi connectivity index (χ2n) is 8.81. The summed E-state index contributed by atoms with van der Waals surface area (Å²) in [5.74, 6) is -0.201. The Morgan fingerprint density at radius 2 is 1.76 bits per heavy atom. The van der Waals surface area contributed by atoms with Crippen molar-refractivity contribution in [1.82, 2.24) is 9.97 Å². The van der Waals surface area contributed by atoms with E-state index >= 15 is 0 Å². The minimum absolute atomic E-state index is 0.0374. The standard InChI is InChI=1S/C29H29N3O2/c1-4-18(3)26(20-15-13-19(14-16-20)23-10-7-6-9-21(23)17-30)28-31-25-12-8-11-24(27(25)32-28)22(5-2)29(33)34/h6-16,18,22,26H,4-5H2,1-3H3,(H,31,32)(H,33,34). The number of aromatic amines is 1. The molecule has 3 atom stereocenters. The summed E-state index contributed by atoms with van der Waals surface area (Å²) < 4.78 is 0. The van der Waals surface area contributed by atoms with E-state index < -0.39 is 11.9 Å². The Morgan fingerprint density at radius 3 is 2.41 bits per heavy atom. The number of carboxylic acids is 1. The van der Waals surface area contributed by atoms with E-state index in [4.69, 9.17) is 4.98 Å². The van der Waals surface area contributed by atoms with Crippen LogP contribution in [-0.2, 0) is 4.79 Å². The summed E-state index contributed by atoms with van der Waals surface area (Å²) in [7, 11) is 0. The smallest absolute Gasteiger partial charge is 0.311 e. The molecule has 3 unspecified atom stereocenters. The van der Waals surface area contributed by atoms with Gasteiger partial charge in [0.25, 0.3) is 0 Å². The van der Waals surface area contributed by atoms with Gasteiger partial charge in [-0.15, -0.1) is 0 Å². The molecular weight excluding hydrogens is 422 g/mol. The lowest BCUT2D eigenvalue weighted by Crippen LogP contribution is -2.13. The van der Waals surface area contributed by atoms with Gasteiger partial charge >= 0.3 is 5.97 Å². The minimum atomic E-state index is -0.828. The van der Waals surface area contributed by atoms with Crippen LogP contribution >= 0.6 is 0 Å². The quantitative estimate of drug-likeness (QED) is 0.306. The number of H-pyrrole nitrogens is 1. The van der Waals surface area contributed by atoms with E-state index in [9.17, 15) is 15.2 Å². The summed E-state index contributed by atoms with van der Waals surface area (Å²) in [6, 6.07) is 24.0. The van der Waals surface area contributed by atoms with E-state index in [2.05, 4.69) is 49.2 Å². The molecule has 0 radical (unpaired) electrons. The van der Waals surface area contributed by atoms with Crippen LogP contribution in [0.25, 0.3) is 22.2 Å². The molecule has 0 bridgehead atoms. The summed E-state index contributed by atoms with van der Waals surface area (Å²) >= 11 is 0. The Morgan fingerprint density at radius 1 is 1.03 bits per heavy atom. The summed E-state index contributed by atoms with van der Waals surface area (Å²) in [6.07, 6.45) is 1.48. The van der Waals surface area contributed by atoms with Gasteiger partial charge in [-0.3, -0.25) is 4.79 Å². The van der Waals surface area contributed by atoms with E-state index in [0.717, 1.165) is 45.5 Å². The van der Waals surface area contributed by atoms with Crippen LogP contribution in [0.2, 0.25) is 0 Å². The molecule has 5 heteroatoms. The van der Waals surface area contributed by atoms with Crippen molar-refractivity contribution in [2.75, 3.05) is 0 Å². The number of carbonyl (C=O) groups is 1. The summed E-state index contributed by atoms with van der Waals surface area (Å²) in [4.78, 5) is 20.3. The average molecular weight is 452 g/mol. The van der Waals surface area contributed by atoms with Crippen LogP contribution in [0, 0.1) is 17.2 Å². The van der Waals surface area contributed by atoms with Gasteiger partial charge < -0.3 is 10.1 Å². The number of hydrogen-bond donors (Lipinski definition) is 2. The van der Waals surface area contributed by atoms with Crippen LogP contribution in [0.3, 0.4) is 0 Å². The molecule has 0 saturated carbocycles. The van der Waals surface area contributed by atoms with Gasteiger partial charge in [-0.05, 0) is 46.7 Å². The lowest BCUT2D eigenvalue weighted by molar-refractivity contribution is -0.138. The number of aliphatic carboxylic acids is 1. The van der Waals surface area contributed by atoms with Gasteiger partial charge in [-0.1, -0.05) is 81.8 Å². The van der Waals surface area contributed by atoms with Crippen molar-refractivity contribution in [3.05, 3.63) is 89.2 Å². The highest BCUT2D eigenvalue weighted by atomic mass is 16.4. The molecule has 0 spiro atoms. The zero-order chi connectivity index (χ0) is 24.2. The predicted octanol–water partition coefficient (Wildman–Crippen LogP) is 6.86. The molecule has 0 saturated heterocycles. The maximum atomic E-state index is 11.8. The van der Waals surface area contributed by atoms with Crippen molar-refractivity contribution >= 4 is 17.0 Å². The Balaban J connectivity index is 1.78. The van der Waals surface area contributed by atoms with Crippen LogP contribution in [0.1, 0.15) is 68.0 Å². The zero-order valence-corrected chi connectivity index (χ0v) is 19.7. The fraction of sp³-hybridized carbons (Fsp3) is 0.276. The number of carboxylic acid groups (broad SMARTS) is 1. The van der Waals surface area contributed by atoms with Crippen LogP contribution < -0.4 is 0 Å². The number of nitrogens with zero attached hydrogens (tertiary/aromatic N) is 2. The fourth-order valence-electron chi connectivity index (χ4n) is 4.72. The first-order chi connectivity index (χ1) is 16.5. The zero-order valence-electron chi connectivity index (χ0n) is 19.7. The molecule has 2 N–H and O–H groups in total. The molecular formula is C29H29N3O2. The lowest BCUT2D eigenvalue weighted by Gasteiger charge is -2.22. The molecule has 3 aromatic carbocycles. The highest BCUT2D eigenvalue weighted by Gasteiger charge is 2.26. The third-order valence-electron chi connectivity index (χ3n) is 6.78. The lowest BCUT2D eigenvalue weighted by atomic mass is 9.84. The molecule has 0 aliphatic carbocycles. The van der Waals surface area contributed by atoms with Gasteiger partial charge in [-0.25, -0.2) is 4.98 Å². The summed E-state index contributed by atoms with van der Waals surface area (Å²) in [5, 5.41) is 19.2. The molecule has 4 aromatic rings. The van der Waals surface area contributed by atoms with Crippen molar-refractivity contribution in [2.24, 2.45) is 5.92 Å². The third kappa shape index (κ3) is 4.32. The number of benzene rings is 3. The average Bonchev–Trinajstić information content (AvgIpc) is 3.29. The number of imidazole rings is 1. The van der Waals surface area contributed by atoms with Gasteiger partial charge in [0, 0.05) is 5.92 Å². The van der Waals surface area contributed by atoms with E-state index in [0.29, 0.717) is 17.9 Å². The summed E-state index contributed by atoms with van der Waals surface area (Å²) in [6.45, 7) is 6.27.